The van der Waals surface area contributed by atoms with E-state index in [1.165, 1.54) is 28.8 Å². The van der Waals surface area contributed by atoms with Gasteiger partial charge in [0.25, 0.3) is 11.5 Å². The van der Waals surface area contributed by atoms with Gasteiger partial charge in [0, 0.05) is 12.7 Å². The van der Waals surface area contributed by atoms with Crippen LogP contribution in [0.1, 0.15) is 21.6 Å². The van der Waals surface area contributed by atoms with Gasteiger partial charge in [-0.05, 0) is 61.4 Å². The molecule has 0 aliphatic carbocycles. The van der Waals surface area contributed by atoms with Crippen LogP contribution in [0.2, 0.25) is 0 Å². The lowest BCUT2D eigenvalue weighted by atomic mass is 10.1. The summed E-state index contributed by atoms with van der Waals surface area (Å²) in [7, 11) is 1.61. The Bertz CT molecular complexity index is 1010. The third-order valence-corrected chi connectivity index (χ3v) is 4.01. The van der Waals surface area contributed by atoms with Crippen LogP contribution < -0.4 is 10.9 Å². The number of hydrogen-bond acceptors (Lipinski definition) is 3. The number of carbonyl (C=O) groups is 1. The fourth-order valence-electron chi connectivity index (χ4n) is 2.45. The standard InChI is InChI=1S/C18H16FN3O2/c1-10-8-14-15(9-11(10)2)22(3)18(24)16(21-14)17(23)20-13-6-4-12(19)5-7-13/h4-9H,1-3H3,(H,20,23). The highest BCUT2D eigenvalue weighted by Gasteiger charge is 2.17. The lowest BCUT2D eigenvalue weighted by molar-refractivity contribution is 0.102. The molecule has 3 rings (SSSR count). The molecule has 0 radical (unpaired) electrons. The second kappa shape index (κ2) is 5.88. The van der Waals surface area contributed by atoms with E-state index in [4.69, 9.17) is 0 Å². The molecular weight excluding hydrogens is 309 g/mol. The maximum Gasteiger partial charge on any atom is 0.282 e. The highest BCUT2D eigenvalue weighted by atomic mass is 19.1. The molecular formula is C18H16FN3O2. The number of halogens is 1. The molecule has 0 atom stereocenters. The third-order valence-electron chi connectivity index (χ3n) is 4.01. The van der Waals surface area contributed by atoms with Crippen molar-refractivity contribution in [2.45, 2.75) is 13.8 Å². The maximum absolute atomic E-state index is 12.9. The minimum atomic E-state index is -0.623. The zero-order chi connectivity index (χ0) is 17.4. The van der Waals surface area contributed by atoms with Gasteiger partial charge in [-0.15, -0.1) is 0 Å². The predicted molar refractivity (Wildman–Crippen MR) is 90.8 cm³/mol. The third kappa shape index (κ3) is 2.78. The summed E-state index contributed by atoms with van der Waals surface area (Å²) in [5.74, 6) is -1.03. The Labute approximate surface area is 137 Å². The molecule has 0 aliphatic rings. The van der Waals surface area contributed by atoms with Crippen molar-refractivity contribution in [3.63, 3.8) is 0 Å². The molecule has 0 spiro atoms. The summed E-state index contributed by atoms with van der Waals surface area (Å²) in [6.07, 6.45) is 0. The van der Waals surface area contributed by atoms with Gasteiger partial charge in [-0.2, -0.15) is 0 Å². The van der Waals surface area contributed by atoms with Gasteiger partial charge in [-0.1, -0.05) is 0 Å². The number of fused-ring (bicyclic) bond motifs is 1. The Balaban J connectivity index is 2.07. The van der Waals surface area contributed by atoms with Gasteiger partial charge in [-0.25, -0.2) is 9.37 Å². The molecule has 0 fully saturated rings. The van der Waals surface area contributed by atoms with E-state index < -0.39 is 17.3 Å². The quantitative estimate of drug-likeness (QED) is 0.788. The van der Waals surface area contributed by atoms with Crippen molar-refractivity contribution in [1.82, 2.24) is 9.55 Å². The summed E-state index contributed by atoms with van der Waals surface area (Å²) in [5.41, 5.74) is 3.03. The van der Waals surface area contributed by atoms with Gasteiger partial charge in [-0.3, -0.25) is 9.59 Å². The van der Waals surface area contributed by atoms with E-state index in [1.54, 1.807) is 7.05 Å². The minimum Gasteiger partial charge on any atom is -0.320 e. The monoisotopic (exact) mass is 325 g/mol. The Morgan fingerprint density at radius 3 is 2.42 bits per heavy atom. The summed E-state index contributed by atoms with van der Waals surface area (Å²) in [6.45, 7) is 3.90. The number of benzene rings is 2. The normalized spacial score (nSPS) is 10.8. The van der Waals surface area contributed by atoms with Crippen molar-refractivity contribution >= 4 is 22.6 Å². The van der Waals surface area contributed by atoms with Crippen molar-refractivity contribution in [3.05, 3.63) is 69.4 Å². The molecule has 0 bridgehead atoms. The summed E-state index contributed by atoms with van der Waals surface area (Å²) in [4.78, 5) is 29.1. The molecule has 5 nitrogen and oxygen atoms in total. The average Bonchev–Trinajstić information content (AvgIpc) is 2.55. The molecule has 0 saturated carbocycles. The number of nitrogens with zero attached hydrogens (tertiary/aromatic N) is 2. The van der Waals surface area contributed by atoms with Crippen molar-refractivity contribution in [1.29, 1.82) is 0 Å². The summed E-state index contributed by atoms with van der Waals surface area (Å²) >= 11 is 0. The van der Waals surface area contributed by atoms with Crippen LogP contribution in [0.3, 0.4) is 0 Å². The molecule has 1 amide bonds. The summed E-state index contributed by atoms with van der Waals surface area (Å²) in [5, 5.41) is 2.56. The van der Waals surface area contributed by atoms with E-state index in [2.05, 4.69) is 10.3 Å². The maximum atomic E-state index is 12.9. The highest BCUT2D eigenvalue weighted by Crippen LogP contribution is 2.17. The van der Waals surface area contributed by atoms with Gasteiger partial charge >= 0.3 is 0 Å². The SMILES string of the molecule is Cc1cc2nc(C(=O)Nc3ccc(F)cc3)c(=O)n(C)c2cc1C. The number of nitrogens with one attached hydrogen (secondary N) is 1. The fourth-order valence-corrected chi connectivity index (χ4v) is 2.45. The molecule has 6 heteroatoms. The zero-order valence-electron chi connectivity index (χ0n) is 13.6. The minimum absolute atomic E-state index is 0.197. The lowest BCUT2D eigenvalue weighted by Crippen LogP contribution is -2.29. The smallest absolute Gasteiger partial charge is 0.282 e. The molecule has 1 N–H and O–H groups in total. The molecule has 3 aromatic rings. The van der Waals surface area contributed by atoms with Gasteiger partial charge in [0.1, 0.15) is 5.82 Å². The first kappa shape index (κ1) is 15.9. The Hall–Kier alpha value is -3.02. The zero-order valence-corrected chi connectivity index (χ0v) is 13.6. The molecule has 1 aromatic heterocycles. The van der Waals surface area contributed by atoms with Crippen LogP contribution >= 0.6 is 0 Å². The number of amides is 1. The molecule has 0 aliphatic heterocycles. The molecule has 24 heavy (non-hydrogen) atoms. The number of aryl methyl sites for hydroxylation is 3. The van der Waals surface area contributed by atoms with E-state index in [9.17, 15) is 14.0 Å². The van der Waals surface area contributed by atoms with E-state index in [0.717, 1.165) is 11.1 Å². The fraction of sp³-hybridized carbons (Fsp3) is 0.167. The Kier molecular flexibility index (Phi) is 3.89. The van der Waals surface area contributed by atoms with Crippen LogP contribution in [0.25, 0.3) is 11.0 Å². The van der Waals surface area contributed by atoms with Gasteiger partial charge in [0.15, 0.2) is 5.69 Å². The summed E-state index contributed by atoms with van der Waals surface area (Å²) < 4.78 is 14.3. The second-order valence-electron chi connectivity index (χ2n) is 5.71. The van der Waals surface area contributed by atoms with Crippen LogP contribution in [0, 0.1) is 19.7 Å². The number of anilines is 1. The van der Waals surface area contributed by atoms with Crippen LogP contribution in [-0.4, -0.2) is 15.5 Å². The summed E-state index contributed by atoms with van der Waals surface area (Å²) in [6, 6.07) is 9.03. The Morgan fingerprint density at radius 2 is 1.75 bits per heavy atom. The van der Waals surface area contributed by atoms with Gasteiger partial charge in [0.2, 0.25) is 0 Å². The number of rotatable bonds is 2. The molecule has 0 unspecified atom stereocenters. The van der Waals surface area contributed by atoms with Gasteiger partial charge in [0.05, 0.1) is 11.0 Å². The van der Waals surface area contributed by atoms with E-state index in [0.29, 0.717) is 16.7 Å². The molecule has 2 aromatic carbocycles. The number of carbonyl (C=O) groups excluding carboxylic acids is 1. The van der Waals surface area contributed by atoms with E-state index in [-0.39, 0.29) is 5.69 Å². The first-order valence-corrected chi connectivity index (χ1v) is 7.41. The van der Waals surface area contributed by atoms with Crippen LogP contribution in [0.15, 0.2) is 41.2 Å². The van der Waals surface area contributed by atoms with Crippen LogP contribution in [0.4, 0.5) is 10.1 Å². The van der Waals surface area contributed by atoms with E-state index >= 15 is 0 Å². The first-order chi connectivity index (χ1) is 11.4. The highest BCUT2D eigenvalue weighted by molar-refractivity contribution is 6.03. The van der Waals surface area contributed by atoms with E-state index in [1.807, 2.05) is 26.0 Å². The number of hydrogen-bond donors (Lipinski definition) is 1. The second-order valence-corrected chi connectivity index (χ2v) is 5.71. The lowest BCUT2D eigenvalue weighted by Gasteiger charge is -2.10. The van der Waals surface area contributed by atoms with Crippen molar-refractivity contribution in [3.8, 4) is 0 Å². The average molecular weight is 325 g/mol. The molecule has 1 heterocycles. The van der Waals surface area contributed by atoms with Crippen molar-refractivity contribution in [2.24, 2.45) is 7.05 Å². The predicted octanol–water partition coefficient (Wildman–Crippen LogP) is 2.94. The molecule has 0 saturated heterocycles. The van der Waals surface area contributed by atoms with Crippen LogP contribution in [0.5, 0.6) is 0 Å². The topological polar surface area (TPSA) is 64.0 Å². The largest absolute Gasteiger partial charge is 0.320 e. The Morgan fingerprint density at radius 1 is 1.12 bits per heavy atom. The van der Waals surface area contributed by atoms with Crippen LogP contribution in [-0.2, 0) is 7.05 Å². The van der Waals surface area contributed by atoms with Gasteiger partial charge < -0.3 is 9.88 Å². The number of aromatic nitrogens is 2. The first-order valence-electron chi connectivity index (χ1n) is 7.41. The van der Waals surface area contributed by atoms with Crippen molar-refractivity contribution < 1.29 is 9.18 Å². The van der Waals surface area contributed by atoms with Crippen molar-refractivity contribution in [2.75, 3.05) is 5.32 Å². The molecule has 122 valence electrons.